The Balaban J connectivity index is 1.49. The van der Waals surface area contributed by atoms with E-state index in [0.717, 1.165) is 15.3 Å². The van der Waals surface area contributed by atoms with Crippen molar-refractivity contribution in [2.75, 3.05) is 6.54 Å². The van der Waals surface area contributed by atoms with E-state index < -0.39 is 11.8 Å². The monoisotopic (exact) mass is 389 g/mol. The topological polar surface area (TPSA) is 95.6 Å². The van der Waals surface area contributed by atoms with Gasteiger partial charge in [-0.25, -0.2) is 4.39 Å². The fourth-order valence-corrected chi connectivity index (χ4v) is 3.47. The van der Waals surface area contributed by atoms with Crippen molar-refractivity contribution in [1.82, 2.24) is 15.8 Å². The molecule has 140 valence electrons. The number of carbonyl (C=O) groups is 4. The molecule has 4 amide bonds. The van der Waals surface area contributed by atoms with Crippen molar-refractivity contribution in [3.63, 3.8) is 0 Å². The number of imide groups is 1. The number of halogens is 1. The molecule has 1 fully saturated rings. The van der Waals surface area contributed by atoms with Crippen molar-refractivity contribution in [2.24, 2.45) is 0 Å². The van der Waals surface area contributed by atoms with Gasteiger partial charge in [0.25, 0.3) is 5.91 Å². The minimum absolute atomic E-state index is 0.00686. The first-order chi connectivity index (χ1) is 12.9. The SMILES string of the molecule is O=C(CCN1C(=O)CCC1=O)NNC(=O)c1ccc(-c2ccc(F)cc2)s1. The largest absolute Gasteiger partial charge is 0.282 e. The van der Waals surface area contributed by atoms with E-state index in [1.165, 1.54) is 23.5 Å². The van der Waals surface area contributed by atoms with Crippen LogP contribution >= 0.6 is 11.3 Å². The van der Waals surface area contributed by atoms with E-state index in [1.54, 1.807) is 24.3 Å². The summed E-state index contributed by atoms with van der Waals surface area (Å²) in [7, 11) is 0. The molecule has 0 spiro atoms. The van der Waals surface area contributed by atoms with Gasteiger partial charge in [-0.15, -0.1) is 11.3 Å². The van der Waals surface area contributed by atoms with Gasteiger partial charge >= 0.3 is 0 Å². The molecule has 9 heteroatoms. The van der Waals surface area contributed by atoms with Crippen molar-refractivity contribution < 1.29 is 23.6 Å². The Morgan fingerprint density at radius 3 is 2.33 bits per heavy atom. The number of nitrogens with one attached hydrogen (secondary N) is 2. The van der Waals surface area contributed by atoms with Crippen LogP contribution in [0.3, 0.4) is 0 Å². The Labute approximate surface area is 158 Å². The van der Waals surface area contributed by atoms with E-state index in [0.29, 0.717) is 4.88 Å². The second kappa shape index (κ2) is 8.09. The van der Waals surface area contributed by atoms with Crippen LogP contribution in [0.2, 0.25) is 0 Å². The fraction of sp³-hybridized carbons (Fsp3) is 0.222. The first-order valence-corrected chi connectivity index (χ1v) is 9.04. The molecule has 1 aromatic heterocycles. The molecule has 3 rings (SSSR count). The van der Waals surface area contributed by atoms with Crippen molar-refractivity contribution in [3.05, 3.63) is 47.1 Å². The molecule has 27 heavy (non-hydrogen) atoms. The Morgan fingerprint density at radius 2 is 1.67 bits per heavy atom. The van der Waals surface area contributed by atoms with Crippen molar-refractivity contribution >= 4 is 35.0 Å². The third-order valence-corrected chi connectivity index (χ3v) is 5.12. The second-order valence-corrected chi connectivity index (χ2v) is 6.95. The van der Waals surface area contributed by atoms with E-state index in [1.807, 2.05) is 0 Å². The third-order valence-electron chi connectivity index (χ3n) is 3.99. The van der Waals surface area contributed by atoms with Crippen LogP contribution in [-0.4, -0.2) is 35.1 Å². The fourth-order valence-electron chi connectivity index (χ4n) is 2.57. The van der Waals surface area contributed by atoms with Crippen LogP contribution in [0.25, 0.3) is 10.4 Å². The lowest BCUT2D eigenvalue weighted by atomic mass is 10.2. The van der Waals surface area contributed by atoms with Crippen LogP contribution in [0.15, 0.2) is 36.4 Å². The molecule has 2 aromatic rings. The van der Waals surface area contributed by atoms with Crippen molar-refractivity contribution in [1.29, 1.82) is 0 Å². The quantitative estimate of drug-likeness (QED) is 0.603. The predicted molar refractivity (Wildman–Crippen MR) is 95.9 cm³/mol. The predicted octanol–water partition coefficient (Wildman–Crippen LogP) is 1.85. The number of amides is 4. The number of hydrogen-bond acceptors (Lipinski definition) is 5. The zero-order valence-electron chi connectivity index (χ0n) is 14.2. The molecule has 2 N–H and O–H groups in total. The van der Waals surface area contributed by atoms with Gasteiger partial charge in [-0.3, -0.25) is 34.9 Å². The van der Waals surface area contributed by atoms with Crippen LogP contribution in [0.4, 0.5) is 4.39 Å². The number of rotatable bonds is 5. The first-order valence-electron chi connectivity index (χ1n) is 8.22. The normalized spacial score (nSPS) is 13.7. The average molecular weight is 389 g/mol. The Hall–Kier alpha value is -3.07. The highest BCUT2D eigenvalue weighted by atomic mass is 32.1. The minimum atomic E-state index is -0.508. The summed E-state index contributed by atoms with van der Waals surface area (Å²) < 4.78 is 13.0. The third kappa shape index (κ3) is 4.56. The maximum Gasteiger partial charge on any atom is 0.279 e. The molecule has 0 aliphatic carbocycles. The number of hydrazine groups is 1. The standard InChI is InChI=1S/C18H16FN3O4S/c19-12-3-1-11(2-4-12)13-5-6-14(27-13)18(26)21-20-15(23)9-10-22-16(24)7-8-17(22)25/h1-6H,7-10H2,(H,20,23)(H,21,26). The number of benzene rings is 1. The summed E-state index contributed by atoms with van der Waals surface area (Å²) in [5, 5.41) is 0. The smallest absolute Gasteiger partial charge is 0.279 e. The van der Waals surface area contributed by atoms with Gasteiger partial charge in [0.05, 0.1) is 4.88 Å². The van der Waals surface area contributed by atoms with Gasteiger partial charge in [0, 0.05) is 30.7 Å². The number of nitrogens with zero attached hydrogens (tertiary/aromatic N) is 1. The lowest BCUT2D eigenvalue weighted by Crippen LogP contribution is -2.43. The van der Waals surface area contributed by atoms with E-state index in [4.69, 9.17) is 0 Å². The number of carbonyl (C=O) groups excluding carboxylic acids is 4. The number of hydrogen-bond donors (Lipinski definition) is 2. The Bertz CT molecular complexity index is 878. The first kappa shape index (κ1) is 18.7. The molecule has 1 aliphatic rings. The van der Waals surface area contributed by atoms with Crippen LogP contribution < -0.4 is 10.9 Å². The van der Waals surface area contributed by atoms with Crippen LogP contribution in [0.1, 0.15) is 28.9 Å². The van der Waals surface area contributed by atoms with Gasteiger partial charge in [0.15, 0.2) is 0 Å². The lowest BCUT2D eigenvalue weighted by molar-refractivity contribution is -0.138. The van der Waals surface area contributed by atoms with Gasteiger partial charge in [-0.1, -0.05) is 12.1 Å². The van der Waals surface area contributed by atoms with E-state index >= 15 is 0 Å². The van der Waals surface area contributed by atoms with Gasteiger partial charge in [0.1, 0.15) is 5.82 Å². The molecule has 7 nitrogen and oxygen atoms in total. The second-order valence-electron chi connectivity index (χ2n) is 5.86. The zero-order valence-corrected chi connectivity index (χ0v) is 15.0. The zero-order chi connectivity index (χ0) is 19.4. The van der Waals surface area contributed by atoms with Gasteiger partial charge in [-0.05, 0) is 29.8 Å². The summed E-state index contributed by atoms with van der Waals surface area (Å²) in [6.45, 7) is -0.00686. The Morgan fingerprint density at radius 1 is 1.00 bits per heavy atom. The summed E-state index contributed by atoms with van der Waals surface area (Å²) in [6.07, 6.45) is 0.251. The molecule has 0 atom stereocenters. The molecule has 1 saturated heterocycles. The summed E-state index contributed by atoms with van der Waals surface area (Å²) in [6, 6.07) is 9.25. The highest BCUT2D eigenvalue weighted by Gasteiger charge is 2.28. The van der Waals surface area contributed by atoms with Crippen molar-refractivity contribution in [3.8, 4) is 10.4 Å². The summed E-state index contributed by atoms with van der Waals surface area (Å²) >= 11 is 1.20. The summed E-state index contributed by atoms with van der Waals surface area (Å²) in [4.78, 5) is 49.1. The molecule has 0 saturated carbocycles. The Kier molecular flexibility index (Phi) is 5.60. The highest BCUT2D eigenvalue weighted by molar-refractivity contribution is 7.17. The molecule has 0 unspecified atom stereocenters. The molecule has 0 bridgehead atoms. The van der Waals surface area contributed by atoms with E-state index in [2.05, 4.69) is 10.9 Å². The van der Waals surface area contributed by atoms with Crippen LogP contribution in [-0.2, 0) is 14.4 Å². The van der Waals surface area contributed by atoms with Gasteiger partial charge < -0.3 is 0 Å². The minimum Gasteiger partial charge on any atom is -0.282 e. The number of likely N-dealkylation sites (tertiary alicyclic amines) is 1. The molecular weight excluding hydrogens is 373 g/mol. The maximum atomic E-state index is 13.0. The highest BCUT2D eigenvalue weighted by Crippen LogP contribution is 2.28. The van der Waals surface area contributed by atoms with Crippen molar-refractivity contribution in [2.45, 2.75) is 19.3 Å². The average Bonchev–Trinajstić information content (AvgIpc) is 3.26. The molecule has 1 aliphatic heterocycles. The molecular formula is C18H16FN3O4S. The number of thiophene rings is 1. The molecule has 2 heterocycles. The summed E-state index contributed by atoms with van der Waals surface area (Å²) in [5.41, 5.74) is 5.34. The van der Waals surface area contributed by atoms with E-state index in [-0.39, 0.29) is 43.4 Å². The van der Waals surface area contributed by atoms with Crippen LogP contribution in [0, 0.1) is 5.82 Å². The lowest BCUT2D eigenvalue weighted by Gasteiger charge is -2.13. The van der Waals surface area contributed by atoms with Gasteiger partial charge in [0.2, 0.25) is 17.7 Å². The van der Waals surface area contributed by atoms with E-state index in [9.17, 15) is 23.6 Å². The summed E-state index contributed by atoms with van der Waals surface area (Å²) in [5.74, 6) is -1.91. The van der Waals surface area contributed by atoms with Gasteiger partial charge in [-0.2, -0.15) is 0 Å². The molecule has 1 aromatic carbocycles. The maximum absolute atomic E-state index is 13.0. The van der Waals surface area contributed by atoms with Crippen LogP contribution in [0.5, 0.6) is 0 Å². The molecule has 0 radical (unpaired) electrons.